The molecule has 0 fully saturated rings. The molecule has 0 aliphatic heterocycles. The van der Waals surface area contributed by atoms with Gasteiger partial charge >= 0.3 is 0 Å². The molecule has 1 unspecified atom stereocenters. The first kappa shape index (κ1) is 16.0. The summed E-state index contributed by atoms with van der Waals surface area (Å²) in [5.41, 5.74) is 2.90. The van der Waals surface area contributed by atoms with Gasteiger partial charge in [0.1, 0.15) is 0 Å². The summed E-state index contributed by atoms with van der Waals surface area (Å²) in [4.78, 5) is 0. The van der Waals surface area contributed by atoms with E-state index in [1.807, 2.05) is 0 Å². The normalized spacial score (nSPS) is 13.7. The molecule has 16 heavy (non-hydrogen) atoms. The second-order valence-electron chi connectivity index (χ2n) is 5.08. The van der Waals surface area contributed by atoms with Crippen molar-refractivity contribution in [2.75, 3.05) is 5.33 Å². The van der Waals surface area contributed by atoms with Crippen molar-refractivity contribution >= 4 is 15.9 Å². The van der Waals surface area contributed by atoms with Crippen LogP contribution in [0.3, 0.4) is 0 Å². The molecule has 0 saturated heterocycles. The Balaban J connectivity index is 3.51. The van der Waals surface area contributed by atoms with Crippen molar-refractivity contribution in [1.29, 1.82) is 0 Å². The lowest BCUT2D eigenvalue weighted by Gasteiger charge is -2.08. The number of alkyl halides is 1. The van der Waals surface area contributed by atoms with Gasteiger partial charge in [-0.05, 0) is 52.4 Å². The van der Waals surface area contributed by atoms with E-state index in [0.29, 0.717) is 0 Å². The average Bonchev–Trinajstić information content (AvgIpc) is 2.23. The SMILES string of the molecule is CC(C)=CCCC(C)CCCC=C(C)CBr. The minimum Gasteiger partial charge on any atom is -0.0880 e. The molecule has 0 saturated carbocycles. The first-order valence-electron chi connectivity index (χ1n) is 6.41. The predicted octanol–water partition coefficient (Wildman–Crippen LogP) is 5.88. The largest absolute Gasteiger partial charge is 0.0880 e. The summed E-state index contributed by atoms with van der Waals surface area (Å²) in [6, 6.07) is 0. The Bertz CT molecular complexity index is 222. The highest BCUT2D eigenvalue weighted by atomic mass is 79.9. The molecule has 0 nitrogen and oxygen atoms in total. The molecule has 0 aliphatic carbocycles. The fourth-order valence-electron chi connectivity index (χ4n) is 1.67. The van der Waals surface area contributed by atoms with Gasteiger partial charge < -0.3 is 0 Å². The predicted molar refractivity (Wildman–Crippen MR) is 79.2 cm³/mol. The molecule has 94 valence electrons. The van der Waals surface area contributed by atoms with E-state index in [0.717, 1.165) is 11.2 Å². The maximum atomic E-state index is 3.47. The standard InChI is InChI=1S/C15H27Br/c1-13(2)8-7-11-14(3)9-5-6-10-15(4)12-16/h8,10,14H,5-7,9,11-12H2,1-4H3. The van der Waals surface area contributed by atoms with Crippen LogP contribution in [0.2, 0.25) is 0 Å². The topological polar surface area (TPSA) is 0 Å². The molecule has 0 amide bonds. The van der Waals surface area contributed by atoms with Crippen molar-refractivity contribution in [2.45, 2.75) is 59.8 Å². The lowest BCUT2D eigenvalue weighted by molar-refractivity contribution is 0.480. The van der Waals surface area contributed by atoms with Crippen molar-refractivity contribution in [3.8, 4) is 0 Å². The monoisotopic (exact) mass is 286 g/mol. The molecule has 0 heterocycles. The first-order valence-corrected chi connectivity index (χ1v) is 7.53. The number of halogens is 1. The van der Waals surface area contributed by atoms with Crippen LogP contribution >= 0.6 is 15.9 Å². The zero-order chi connectivity index (χ0) is 12.4. The van der Waals surface area contributed by atoms with Crippen LogP contribution in [0.4, 0.5) is 0 Å². The molecular weight excluding hydrogens is 260 g/mol. The van der Waals surface area contributed by atoms with Gasteiger partial charge in [-0.25, -0.2) is 0 Å². The molecule has 0 aromatic carbocycles. The molecule has 0 aromatic heterocycles. The van der Waals surface area contributed by atoms with Crippen LogP contribution in [-0.2, 0) is 0 Å². The molecular formula is C15H27Br. The second kappa shape index (κ2) is 10.1. The summed E-state index contributed by atoms with van der Waals surface area (Å²) in [6.07, 6.45) is 11.2. The Morgan fingerprint density at radius 1 is 1.06 bits per heavy atom. The highest BCUT2D eigenvalue weighted by Gasteiger charge is 2.00. The Hall–Kier alpha value is -0.0400. The van der Waals surface area contributed by atoms with Crippen LogP contribution in [0.25, 0.3) is 0 Å². The summed E-state index contributed by atoms with van der Waals surface area (Å²) in [6.45, 7) is 8.92. The van der Waals surface area contributed by atoms with Crippen molar-refractivity contribution in [2.24, 2.45) is 5.92 Å². The van der Waals surface area contributed by atoms with Crippen molar-refractivity contribution in [3.05, 3.63) is 23.3 Å². The summed E-state index contributed by atoms with van der Waals surface area (Å²) < 4.78 is 0. The van der Waals surface area contributed by atoms with E-state index in [4.69, 9.17) is 0 Å². The van der Waals surface area contributed by atoms with Crippen LogP contribution in [-0.4, -0.2) is 5.33 Å². The van der Waals surface area contributed by atoms with Gasteiger partial charge in [-0.1, -0.05) is 52.6 Å². The fourth-order valence-corrected chi connectivity index (χ4v) is 1.90. The number of rotatable bonds is 8. The van der Waals surface area contributed by atoms with Gasteiger partial charge in [-0.2, -0.15) is 0 Å². The maximum absolute atomic E-state index is 3.47. The molecule has 1 atom stereocenters. The third-order valence-corrected chi connectivity index (χ3v) is 3.70. The maximum Gasteiger partial charge on any atom is 0.0239 e. The zero-order valence-electron chi connectivity index (χ0n) is 11.4. The van der Waals surface area contributed by atoms with Crippen LogP contribution in [0.15, 0.2) is 23.3 Å². The van der Waals surface area contributed by atoms with E-state index in [2.05, 4.69) is 55.8 Å². The Morgan fingerprint density at radius 3 is 2.31 bits per heavy atom. The lowest BCUT2D eigenvalue weighted by atomic mass is 9.98. The number of hydrogen-bond acceptors (Lipinski definition) is 0. The van der Waals surface area contributed by atoms with Crippen LogP contribution in [0.5, 0.6) is 0 Å². The molecule has 0 aliphatic rings. The first-order chi connectivity index (χ1) is 7.56. The van der Waals surface area contributed by atoms with E-state index in [1.165, 1.54) is 43.3 Å². The van der Waals surface area contributed by atoms with Gasteiger partial charge in [-0.3, -0.25) is 0 Å². The minimum absolute atomic E-state index is 0.869. The second-order valence-corrected chi connectivity index (χ2v) is 5.64. The van der Waals surface area contributed by atoms with Gasteiger partial charge in [0.2, 0.25) is 0 Å². The molecule has 0 radical (unpaired) electrons. The Labute approximate surface area is 110 Å². The van der Waals surface area contributed by atoms with Gasteiger partial charge in [0, 0.05) is 5.33 Å². The Morgan fingerprint density at radius 2 is 1.75 bits per heavy atom. The Kier molecular flexibility index (Phi) is 10.1. The van der Waals surface area contributed by atoms with Crippen LogP contribution in [0, 0.1) is 5.92 Å². The van der Waals surface area contributed by atoms with Crippen molar-refractivity contribution < 1.29 is 0 Å². The molecule has 0 aromatic rings. The number of unbranched alkanes of at least 4 members (excludes halogenated alkanes) is 1. The molecule has 0 spiro atoms. The van der Waals surface area contributed by atoms with E-state index in [1.54, 1.807) is 0 Å². The number of allylic oxidation sites excluding steroid dienone is 4. The van der Waals surface area contributed by atoms with Crippen molar-refractivity contribution in [3.63, 3.8) is 0 Å². The third-order valence-electron chi connectivity index (χ3n) is 2.82. The molecule has 0 N–H and O–H groups in total. The molecule has 1 heteroatoms. The summed E-state index contributed by atoms with van der Waals surface area (Å²) in [5, 5.41) is 1.02. The molecule has 0 rings (SSSR count). The summed E-state index contributed by atoms with van der Waals surface area (Å²) >= 11 is 3.47. The van der Waals surface area contributed by atoms with Crippen LogP contribution < -0.4 is 0 Å². The fraction of sp³-hybridized carbons (Fsp3) is 0.733. The minimum atomic E-state index is 0.869. The lowest BCUT2D eigenvalue weighted by Crippen LogP contribution is -1.93. The smallest absolute Gasteiger partial charge is 0.0239 e. The number of hydrogen-bond donors (Lipinski definition) is 0. The quantitative estimate of drug-likeness (QED) is 0.297. The third kappa shape index (κ3) is 10.5. The van der Waals surface area contributed by atoms with E-state index < -0.39 is 0 Å². The van der Waals surface area contributed by atoms with Gasteiger partial charge in [-0.15, -0.1) is 0 Å². The van der Waals surface area contributed by atoms with Gasteiger partial charge in [0.05, 0.1) is 0 Å². The van der Waals surface area contributed by atoms with E-state index in [-0.39, 0.29) is 0 Å². The van der Waals surface area contributed by atoms with E-state index >= 15 is 0 Å². The summed E-state index contributed by atoms with van der Waals surface area (Å²) in [7, 11) is 0. The van der Waals surface area contributed by atoms with E-state index in [9.17, 15) is 0 Å². The van der Waals surface area contributed by atoms with Crippen LogP contribution in [0.1, 0.15) is 59.8 Å². The average molecular weight is 287 g/mol. The molecule has 0 bridgehead atoms. The zero-order valence-corrected chi connectivity index (χ0v) is 12.9. The highest BCUT2D eigenvalue weighted by molar-refractivity contribution is 9.09. The highest BCUT2D eigenvalue weighted by Crippen LogP contribution is 2.15. The summed E-state index contributed by atoms with van der Waals surface area (Å²) in [5.74, 6) is 0.869. The van der Waals surface area contributed by atoms with Gasteiger partial charge in [0.25, 0.3) is 0 Å². The van der Waals surface area contributed by atoms with Gasteiger partial charge in [0.15, 0.2) is 0 Å². The van der Waals surface area contributed by atoms with Crippen molar-refractivity contribution in [1.82, 2.24) is 0 Å².